The summed E-state index contributed by atoms with van der Waals surface area (Å²) in [5.41, 5.74) is 0.184. The molecule has 1 amide bonds. The van der Waals surface area contributed by atoms with E-state index >= 15 is 0 Å². The first-order chi connectivity index (χ1) is 9.08. The quantitative estimate of drug-likeness (QED) is 0.855. The number of amides is 1. The molecule has 0 saturated carbocycles. The molecule has 0 aliphatic carbocycles. The molecule has 1 saturated heterocycles. The van der Waals surface area contributed by atoms with Gasteiger partial charge in [-0.1, -0.05) is 0 Å². The van der Waals surface area contributed by atoms with Gasteiger partial charge < -0.3 is 14.9 Å². The molecule has 2 rings (SSSR count). The maximum Gasteiger partial charge on any atom is 0.337 e. The predicted octanol–water partition coefficient (Wildman–Crippen LogP) is 0.838. The van der Waals surface area contributed by atoms with Crippen LogP contribution in [-0.4, -0.2) is 53.0 Å². The Morgan fingerprint density at radius 3 is 2.58 bits per heavy atom. The van der Waals surface area contributed by atoms with Crippen LogP contribution in [0.3, 0.4) is 0 Å². The summed E-state index contributed by atoms with van der Waals surface area (Å²) in [5.74, 6) is -0.121. The van der Waals surface area contributed by atoms with Crippen LogP contribution in [-0.2, 0) is 4.79 Å². The van der Waals surface area contributed by atoms with Crippen LogP contribution in [0, 0.1) is 0 Å². The molecule has 0 atom stereocenters. The Bertz CT molecular complexity index is 473. The summed E-state index contributed by atoms with van der Waals surface area (Å²) < 4.78 is 0. The van der Waals surface area contributed by atoms with Crippen LogP contribution in [0.4, 0.5) is 5.82 Å². The predicted molar refractivity (Wildman–Crippen MR) is 70.3 cm³/mol. The standard InChI is InChI=1S/C13H17N3O3/c1-10(17)15-5-2-6-16(8-7-15)12-4-3-11(9-14-12)13(18)19/h3-4,9H,2,5-8H2,1H3,(H,18,19). The second kappa shape index (κ2) is 5.69. The molecule has 0 radical (unpaired) electrons. The highest BCUT2D eigenvalue weighted by Gasteiger charge is 2.17. The van der Waals surface area contributed by atoms with Crippen LogP contribution < -0.4 is 4.90 Å². The van der Waals surface area contributed by atoms with Crippen LogP contribution in [0.15, 0.2) is 18.3 Å². The molecule has 6 heteroatoms. The van der Waals surface area contributed by atoms with Gasteiger partial charge in [-0.15, -0.1) is 0 Å². The number of aromatic nitrogens is 1. The summed E-state index contributed by atoms with van der Waals surface area (Å²) >= 11 is 0. The molecular formula is C13H17N3O3. The summed E-state index contributed by atoms with van der Waals surface area (Å²) in [5, 5.41) is 8.83. The Morgan fingerprint density at radius 2 is 2.00 bits per heavy atom. The van der Waals surface area contributed by atoms with Gasteiger partial charge in [-0.05, 0) is 18.6 Å². The highest BCUT2D eigenvalue weighted by molar-refractivity contribution is 5.87. The molecule has 2 heterocycles. The topological polar surface area (TPSA) is 73.7 Å². The van der Waals surface area contributed by atoms with Crippen molar-refractivity contribution >= 4 is 17.7 Å². The van der Waals surface area contributed by atoms with E-state index in [9.17, 15) is 9.59 Å². The Balaban J connectivity index is 2.05. The number of hydrogen-bond donors (Lipinski definition) is 1. The van der Waals surface area contributed by atoms with Gasteiger partial charge in [0.1, 0.15) is 5.82 Å². The lowest BCUT2D eigenvalue weighted by Gasteiger charge is -2.22. The van der Waals surface area contributed by atoms with Crippen LogP contribution in [0.1, 0.15) is 23.7 Å². The van der Waals surface area contributed by atoms with E-state index in [1.165, 1.54) is 6.20 Å². The molecular weight excluding hydrogens is 246 g/mol. The smallest absolute Gasteiger partial charge is 0.337 e. The molecule has 1 N–H and O–H groups in total. The highest BCUT2D eigenvalue weighted by Crippen LogP contribution is 2.14. The molecule has 102 valence electrons. The molecule has 1 fully saturated rings. The lowest BCUT2D eigenvalue weighted by molar-refractivity contribution is -0.128. The van der Waals surface area contributed by atoms with Crippen molar-refractivity contribution < 1.29 is 14.7 Å². The van der Waals surface area contributed by atoms with Gasteiger partial charge in [-0.3, -0.25) is 4.79 Å². The maximum atomic E-state index is 11.3. The minimum Gasteiger partial charge on any atom is -0.478 e. The van der Waals surface area contributed by atoms with E-state index in [0.717, 1.165) is 31.9 Å². The molecule has 0 spiro atoms. The van der Waals surface area contributed by atoms with E-state index in [4.69, 9.17) is 5.11 Å². The molecule has 0 bridgehead atoms. The Labute approximate surface area is 111 Å². The lowest BCUT2D eigenvalue weighted by Crippen LogP contribution is -2.33. The molecule has 1 aliphatic heterocycles. The number of carbonyl (C=O) groups is 2. The van der Waals surface area contributed by atoms with E-state index in [2.05, 4.69) is 9.88 Å². The van der Waals surface area contributed by atoms with Gasteiger partial charge in [0.15, 0.2) is 0 Å². The Kier molecular flexibility index (Phi) is 3.99. The fourth-order valence-electron chi connectivity index (χ4n) is 2.16. The summed E-state index contributed by atoms with van der Waals surface area (Å²) in [6.07, 6.45) is 2.26. The zero-order chi connectivity index (χ0) is 13.8. The van der Waals surface area contributed by atoms with Gasteiger partial charge in [0, 0.05) is 39.3 Å². The number of pyridine rings is 1. The molecule has 6 nitrogen and oxygen atoms in total. The van der Waals surface area contributed by atoms with Gasteiger partial charge in [0.25, 0.3) is 0 Å². The van der Waals surface area contributed by atoms with Crippen molar-refractivity contribution in [3.63, 3.8) is 0 Å². The third-order valence-corrected chi connectivity index (χ3v) is 3.26. The van der Waals surface area contributed by atoms with E-state index < -0.39 is 5.97 Å². The van der Waals surface area contributed by atoms with Gasteiger partial charge in [-0.2, -0.15) is 0 Å². The van der Waals surface area contributed by atoms with E-state index in [-0.39, 0.29) is 11.5 Å². The zero-order valence-electron chi connectivity index (χ0n) is 10.9. The van der Waals surface area contributed by atoms with Crippen LogP contribution in [0.2, 0.25) is 0 Å². The van der Waals surface area contributed by atoms with E-state index in [1.54, 1.807) is 19.1 Å². The van der Waals surface area contributed by atoms with Crippen molar-refractivity contribution in [2.24, 2.45) is 0 Å². The first kappa shape index (κ1) is 13.3. The lowest BCUT2D eigenvalue weighted by atomic mass is 10.3. The number of carboxylic acids is 1. The van der Waals surface area contributed by atoms with Gasteiger partial charge in [0.05, 0.1) is 5.56 Å². The average Bonchev–Trinajstić information content (AvgIpc) is 2.64. The molecule has 0 aromatic carbocycles. The number of aromatic carboxylic acids is 1. The average molecular weight is 263 g/mol. The first-order valence-corrected chi connectivity index (χ1v) is 6.28. The third-order valence-electron chi connectivity index (χ3n) is 3.26. The number of rotatable bonds is 2. The second-order valence-corrected chi connectivity index (χ2v) is 4.56. The molecule has 19 heavy (non-hydrogen) atoms. The van der Waals surface area contributed by atoms with Gasteiger partial charge in [-0.25, -0.2) is 9.78 Å². The first-order valence-electron chi connectivity index (χ1n) is 6.28. The summed E-state index contributed by atoms with van der Waals surface area (Å²) in [7, 11) is 0. The van der Waals surface area contributed by atoms with Crippen molar-refractivity contribution in [3.8, 4) is 0 Å². The fraction of sp³-hybridized carbons (Fsp3) is 0.462. The monoisotopic (exact) mass is 263 g/mol. The molecule has 1 aromatic rings. The molecule has 0 unspecified atom stereocenters. The van der Waals surface area contributed by atoms with Crippen LogP contribution in [0.5, 0.6) is 0 Å². The normalized spacial score (nSPS) is 16.1. The highest BCUT2D eigenvalue weighted by atomic mass is 16.4. The third kappa shape index (κ3) is 3.21. The van der Waals surface area contributed by atoms with Crippen LogP contribution >= 0.6 is 0 Å². The Morgan fingerprint density at radius 1 is 1.21 bits per heavy atom. The van der Waals surface area contributed by atoms with Gasteiger partial charge >= 0.3 is 5.97 Å². The SMILES string of the molecule is CC(=O)N1CCCN(c2ccc(C(=O)O)cn2)CC1. The van der Waals surface area contributed by atoms with Crippen molar-refractivity contribution in [3.05, 3.63) is 23.9 Å². The minimum absolute atomic E-state index is 0.0936. The van der Waals surface area contributed by atoms with E-state index in [0.29, 0.717) is 6.54 Å². The Hall–Kier alpha value is -2.11. The number of carboxylic acid groups (broad SMARTS) is 1. The zero-order valence-corrected chi connectivity index (χ0v) is 10.9. The maximum absolute atomic E-state index is 11.3. The van der Waals surface area contributed by atoms with E-state index in [1.807, 2.05) is 4.90 Å². The van der Waals surface area contributed by atoms with Crippen molar-refractivity contribution in [2.75, 3.05) is 31.1 Å². The minimum atomic E-state index is -0.974. The van der Waals surface area contributed by atoms with Crippen LogP contribution in [0.25, 0.3) is 0 Å². The van der Waals surface area contributed by atoms with Crippen molar-refractivity contribution in [2.45, 2.75) is 13.3 Å². The summed E-state index contributed by atoms with van der Waals surface area (Å²) in [6, 6.07) is 3.27. The molecule has 1 aliphatic rings. The summed E-state index contributed by atoms with van der Waals surface area (Å²) in [6.45, 7) is 4.56. The largest absolute Gasteiger partial charge is 0.478 e. The van der Waals surface area contributed by atoms with Gasteiger partial charge in [0.2, 0.25) is 5.91 Å². The number of anilines is 1. The van der Waals surface area contributed by atoms with Crippen molar-refractivity contribution in [1.29, 1.82) is 0 Å². The molecule has 1 aromatic heterocycles. The number of nitrogens with zero attached hydrogens (tertiary/aromatic N) is 3. The fourth-order valence-corrected chi connectivity index (χ4v) is 2.16. The second-order valence-electron chi connectivity index (χ2n) is 4.56. The summed E-state index contributed by atoms with van der Waals surface area (Å²) in [4.78, 5) is 30.2. The van der Waals surface area contributed by atoms with Crippen molar-refractivity contribution in [1.82, 2.24) is 9.88 Å². The number of carbonyl (C=O) groups excluding carboxylic acids is 1. The number of hydrogen-bond acceptors (Lipinski definition) is 4.